The monoisotopic (exact) mass is 473 g/mol. The molecule has 0 radical (unpaired) electrons. The number of amides is 2. The Hall–Kier alpha value is -3.45. The highest BCUT2D eigenvalue weighted by molar-refractivity contribution is 5.74. The van der Waals surface area contributed by atoms with Gasteiger partial charge in [0.15, 0.2) is 5.82 Å². The molecule has 1 aliphatic heterocycles. The molecular formula is C28H35N5O2. The van der Waals surface area contributed by atoms with Crippen molar-refractivity contribution in [2.45, 2.75) is 26.9 Å². The lowest BCUT2D eigenvalue weighted by molar-refractivity contribution is 0.167. The number of methoxy groups -OCH3 is 1. The molecule has 1 fully saturated rings. The van der Waals surface area contributed by atoms with E-state index < -0.39 is 0 Å². The van der Waals surface area contributed by atoms with E-state index in [4.69, 9.17) is 14.7 Å². The molecule has 3 aromatic rings. The Morgan fingerprint density at radius 1 is 1.00 bits per heavy atom. The number of rotatable bonds is 6. The smallest absolute Gasteiger partial charge is 0.319 e. The van der Waals surface area contributed by atoms with E-state index in [1.165, 1.54) is 16.7 Å². The van der Waals surface area contributed by atoms with Gasteiger partial charge in [0, 0.05) is 64.9 Å². The minimum absolute atomic E-state index is 0.0491. The van der Waals surface area contributed by atoms with Crippen molar-refractivity contribution >= 4 is 11.8 Å². The van der Waals surface area contributed by atoms with Crippen molar-refractivity contribution in [3.05, 3.63) is 76.5 Å². The van der Waals surface area contributed by atoms with E-state index in [1.54, 1.807) is 26.1 Å². The van der Waals surface area contributed by atoms with Crippen LogP contribution in [-0.2, 0) is 17.8 Å². The van der Waals surface area contributed by atoms with Crippen LogP contribution in [-0.4, -0.2) is 73.2 Å². The normalized spacial score (nSPS) is 13.7. The van der Waals surface area contributed by atoms with Gasteiger partial charge in [-0.1, -0.05) is 54.1 Å². The zero-order valence-electron chi connectivity index (χ0n) is 21.4. The molecule has 184 valence electrons. The first-order chi connectivity index (χ1) is 16.9. The van der Waals surface area contributed by atoms with Crippen LogP contribution in [0.15, 0.2) is 48.5 Å². The summed E-state index contributed by atoms with van der Waals surface area (Å²) in [5.41, 5.74) is 6.72. The van der Waals surface area contributed by atoms with E-state index >= 15 is 0 Å². The summed E-state index contributed by atoms with van der Waals surface area (Å²) in [6.07, 6.45) is 0.730. The highest BCUT2D eigenvalue weighted by atomic mass is 16.5. The lowest BCUT2D eigenvalue weighted by Gasteiger charge is -2.37. The Morgan fingerprint density at radius 2 is 1.71 bits per heavy atom. The molecule has 0 saturated carbocycles. The van der Waals surface area contributed by atoms with Gasteiger partial charge >= 0.3 is 6.03 Å². The number of anilines is 1. The number of benzene rings is 2. The van der Waals surface area contributed by atoms with Crippen molar-refractivity contribution in [3.63, 3.8) is 0 Å². The topological polar surface area (TPSA) is 61.8 Å². The van der Waals surface area contributed by atoms with Crippen molar-refractivity contribution < 1.29 is 9.53 Å². The van der Waals surface area contributed by atoms with Crippen LogP contribution in [0.2, 0.25) is 0 Å². The van der Waals surface area contributed by atoms with Gasteiger partial charge in [-0.25, -0.2) is 14.8 Å². The maximum absolute atomic E-state index is 12.5. The van der Waals surface area contributed by atoms with Gasteiger partial charge in [0.1, 0.15) is 5.82 Å². The van der Waals surface area contributed by atoms with Gasteiger partial charge in [-0.05, 0) is 25.0 Å². The van der Waals surface area contributed by atoms with Crippen LogP contribution in [0.1, 0.15) is 27.9 Å². The summed E-state index contributed by atoms with van der Waals surface area (Å²) >= 11 is 0. The van der Waals surface area contributed by atoms with Gasteiger partial charge in [0.25, 0.3) is 0 Å². The standard InChI is InChI=1S/C28H35N5O2/c1-20-11-12-21(2)23(17-20)18-24-25(19-35-5)29-26(22-9-7-6-8-10-22)30-27(24)32-13-15-33(16-14-32)28(34)31(3)4/h6-12,17H,13-16,18-19H2,1-5H3. The van der Waals surface area contributed by atoms with E-state index in [0.717, 1.165) is 42.1 Å². The van der Waals surface area contributed by atoms with Crippen LogP contribution in [0.25, 0.3) is 11.4 Å². The summed E-state index contributed by atoms with van der Waals surface area (Å²) in [5, 5.41) is 0. The Balaban J connectivity index is 1.77. The summed E-state index contributed by atoms with van der Waals surface area (Å²) in [4.78, 5) is 28.4. The predicted molar refractivity (Wildman–Crippen MR) is 140 cm³/mol. The Kier molecular flexibility index (Phi) is 7.66. The Morgan fingerprint density at radius 3 is 2.37 bits per heavy atom. The number of hydrogen-bond acceptors (Lipinski definition) is 5. The molecule has 0 unspecified atom stereocenters. The van der Waals surface area contributed by atoms with Crippen LogP contribution in [0, 0.1) is 13.8 Å². The number of ether oxygens (including phenoxy) is 1. The van der Waals surface area contributed by atoms with Crippen molar-refractivity contribution in [2.24, 2.45) is 0 Å². The number of aromatic nitrogens is 2. The molecule has 0 spiro atoms. The number of carbonyl (C=O) groups excluding carboxylic acids is 1. The number of nitrogens with zero attached hydrogens (tertiary/aromatic N) is 5. The molecule has 7 heteroatoms. The minimum Gasteiger partial charge on any atom is -0.378 e. The quantitative estimate of drug-likeness (QED) is 0.534. The number of carbonyl (C=O) groups is 1. The molecule has 35 heavy (non-hydrogen) atoms. The second kappa shape index (κ2) is 10.9. The molecule has 1 aliphatic rings. The average Bonchev–Trinajstić information content (AvgIpc) is 2.87. The van der Waals surface area contributed by atoms with Gasteiger partial charge in [0.05, 0.1) is 12.3 Å². The maximum Gasteiger partial charge on any atom is 0.319 e. The predicted octanol–water partition coefficient (Wildman–Crippen LogP) is 4.30. The van der Waals surface area contributed by atoms with E-state index in [-0.39, 0.29) is 6.03 Å². The third kappa shape index (κ3) is 5.62. The molecule has 2 aromatic carbocycles. The fourth-order valence-corrected chi connectivity index (χ4v) is 4.51. The van der Waals surface area contributed by atoms with Gasteiger partial charge in [-0.2, -0.15) is 0 Å². The van der Waals surface area contributed by atoms with Crippen LogP contribution < -0.4 is 4.90 Å². The summed E-state index contributed by atoms with van der Waals surface area (Å²) < 4.78 is 5.60. The number of urea groups is 1. The molecule has 0 atom stereocenters. The van der Waals surface area contributed by atoms with E-state index in [2.05, 4.69) is 36.9 Å². The summed E-state index contributed by atoms with van der Waals surface area (Å²) in [6.45, 7) is 7.43. The van der Waals surface area contributed by atoms with Crippen LogP contribution in [0.3, 0.4) is 0 Å². The first kappa shape index (κ1) is 24.7. The molecule has 4 rings (SSSR count). The van der Waals surface area contributed by atoms with E-state index in [0.29, 0.717) is 25.5 Å². The molecule has 1 aromatic heterocycles. The first-order valence-electron chi connectivity index (χ1n) is 12.1. The molecule has 2 heterocycles. The molecule has 1 saturated heterocycles. The Labute approximate surface area is 208 Å². The van der Waals surface area contributed by atoms with Crippen molar-refractivity contribution in [3.8, 4) is 11.4 Å². The van der Waals surface area contributed by atoms with Gasteiger partial charge < -0.3 is 19.4 Å². The van der Waals surface area contributed by atoms with Crippen molar-refractivity contribution in [1.82, 2.24) is 19.8 Å². The third-order valence-corrected chi connectivity index (χ3v) is 6.49. The van der Waals surface area contributed by atoms with Gasteiger partial charge in [-0.15, -0.1) is 0 Å². The molecular weight excluding hydrogens is 438 g/mol. The van der Waals surface area contributed by atoms with Crippen LogP contribution in [0.5, 0.6) is 0 Å². The Bertz CT molecular complexity index is 1170. The van der Waals surface area contributed by atoms with Crippen molar-refractivity contribution in [1.29, 1.82) is 0 Å². The fourth-order valence-electron chi connectivity index (χ4n) is 4.51. The first-order valence-corrected chi connectivity index (χ1v) is 12.1. The maximum atomic E-state index is 12.5. The van der Waals surface area contributed by atoms with Gasteiger partial charge in [-0.3, -0.25) is 0 Å². The van der Waals surface area contributed by atoms with Gasteiger partial charge in [0.2, 0.25) is 0 Å². The second-order valence-corrected chi connectivity index (χ2v) is 9.35. The summed E-state index contributed by atoms with van der Waals surface area (Å²) in [7, 11) is 5.30. The number of hydrogen-bond donors (Lipinski definition) is 0. The average molecular weight is 474 g/mol. The second-order valence-electron chi connectivity index (χ2n) is 9.35. The lowest BCUT2D eigenvalue weighted by Crippen LogP contribution is -2.52. The van der Waals surface area contributed by atoms with Crippen molar-refractivity contribution in [2.75, 3.05) is 52.3 Å². The fraction of sp³-hybridized carbons (Fsp3) is 0.393. The molecule has 2 amide bonds. The van der Waals surface area contributed by atoms with E-state index in [9.17, 15) is 4.79 Å². The highest BCUT2D eigenvalue weighted by Crippen LogP contribution is 2.30. The number of piperazine rings is 1. The highest BCUT2D eigenvalue weighted by Gasteiger charge is 2.27. The molecule has 0 bridgehead atoms. The number of aryl methyl sites for hydroxylation is 2. The minimum atomic E-state index is 0.0491. The SMILES string of the molecule is COCc1nc(-c2ccccc2)nc(N2CCN(C(=O)N(C)C)CC2)c1Cc1cc(C)ccc1C. The molecule has 7 nitrogen and oxygen atoms in total. The zero-order chi connectivity index (χ0) is 24.9. The van der Waals surface area contributed by atoms with E-state index in [1.807, 2.05) is 35.2 Å². The summed E-state index contributed by atoms with van der Waals surface area (Å²) in [6, 6.07) is 16.7. The molecule has 0 N–H and O–H groups in total. The lowest BCUT2D eigenvalue weighted by atomic mass is 9.97. The van der Waals surface area contributed by atoms with Crippen LogP contribution >= 0.6 is 0 Å². The van der Waals surface area contributed by atoms with Crippen LogP contribution in [0.4, 0.5) is 10.6 Å². The zero-order valence-corrected chi connectivity index (χ0v) is 21.4. The largest absolute Gasteiger partial charge is 0.378 e. The summed E-state index contributed by atoms with van der Waals surface area (Å²) in [5.74, 6) is 1.63. The third-order valence-electron chi connectivity index (χ3n) is 6.49. The molecule has 0 aliphatic carbocycles.